The van der Waals surface area contributed by atoms with Gasteiger partial charge in [0.15, 0.2) is 0 Å². The Labute approximate surface area is 179 Å². The summed E-state index contributed by atoms with van der Waals surface area (Å²) in [5.41, 5.74) is 7.13. The van der Waals surface area contributed by atoms with Crippen molar-refractivity contribution in [3.8, 4) is 28.3 Å². The number of benzene rings is 5. The van der Waals surface area contributed by atoms with Gasteiger partial charge in [0, 0.05) is 10.8 Å². The molecule has 0 aliphatic rings. The third-order valence-electron chi connectivity index (χ3n) is 5.94. The Hall–Kier alpha value is -4.35. The van der Waals surface area contributed by atoms with Crippen LogP contribution in [0.1, 0.15) is 5.56 Å². The Kier molecular flexibility index (Phi) is 3.88. The van der Waals surface area contributed by atoms with Crippen molar-refractivity contribution >= 4 is 32.7 Å². The molecule has 0 saturated carbocycles. The lowest BCUT2D eigenvalue weighted by Crippen LogP contribution is -1.86. The predicted molar refractivity (Wildman–Crippen MR) is 127 cm³/mol. The second-order valence-electron chi connectivity index (χ2n) is 7.70. The Bertz CT molecular complexity index is 1630. The van der Waals surface area contributed by atoms with E-state index in [1.807, 2.05) is 42.5 Å². The van der Waals surface area contributed by atoms with Gasteiger partial charge in [0.25, 0.3) is 0 Å². The zero-order valence-electron chi connectivity index (χ0n) is 16.7. The van der Waals surface area contributed by atoms with Crippen molar-refractivity contribution in [1.29, 1.82) is 5.26 Å². The van der Waals surface area contributed by atoms with E-state index >= 15 is 0 Å². The van der Waals surface area contributed by atoms with Crippen LogP contribution in [0, 0.1) is 11.3 Å². The highest BCUT2D eigenvalue weighted by molar-refractivity contribution is 6.09. The van der Waals surface area contributed by atoms with Gasteiger partial charge in [0.05, 0.1) is 11.6 Å². The van der Waals surface area contributed by atoms with E-state index in [1.165, 1.54) is 27.5 Å². The summed E-state index contributed by atoms with van der Waals surface area (Å²) in [7, 11) is 0. The Morgan fingerprint density at radius 1 is 0.516 bits per heavy atom. The number of hydrogen-bond acceptors (Lipinski definition) is 2. The number of para-hydroxylation sites is 1. The first-order valence-electron chi connectivity index (χ1n) is 10.3. The molecule has 144 valence electrons. The maximum absolute atomic E-state index is 9.10. The van der Waals surface area contributed by atoms with Gasteiger partial charge in [0.1, 0.15) is 11.2 Å². The van der Waals surface area contributed by atoms with E-state index in [2.05, 4.69) is 66.7 Å². The van der Waals surface area contributed by atoms with E-state index < -0.39 is 0 Å². The molecular formula is C29H17NO. The predicted octanol–water partition coefficient (Wildman–Crippen LogP) is 7.94. The van der Waals surface area contributed by atoms with Crippen LogP contribution in [0.4, 0.5) is 0 Å². The van der Waals surface area contributed by atoms with Gasteiger partial charge in [-0.3, -0.25) is 0 Å². The van der Waals surface area contributed by atoms with Crippen molar-refractivity contribution < 1.29 is 4.42 Å². The minimum Gasteiger partial charge on any atom is -0.456 e. The zero-order valence-corrected chi connectivity index (χ0v) is 16.7. The maximum atomic E-state index is 9.10. The molecule has 5 aromatic carbocycles. The highest BCUT2D eigenvalue weighted by atomic mass is 16.3. The summed E-state index contributed by atoms with van der Waals surface area (Å²) in [5, 5.41) is 13.8. The number of fused-ring (bicyclic) bond motifs is 4. The lowest BCUT2D eigenvalue weighted by Gasteiger charge is -2.12. The maximum Gasteiger partial charge on any atom is 0.135 e. The first-order chi connectivity index (χ1) is 15.3. The molecule has 0 radical (unpaired) electrons. The normalized spacial score (nSPS) is 11.2. The van der Waals surface area contributed by atoms with E-state index in [-0.39, 0.29) is 0 Å². The van der Waals surface area contributed by atoms with Gasteiger partial charge in [-0.1, -0.05) is 72.8 Å². The highest BCUT2D eigenvalue weighted by Crippen LogP contribution is 2.38. The van der Waals surface area contributed by atoms with Gasteiger partial charge >= 0.3 is 0 Å². The molecule has 0 unspecified atom stereocenters. The van der Waals surface area contributed by atoms with Crippen LogP contribution in [0.2, 0.25) is 0 Å². The summed E-state index contributed by atoms with van der Waals surface area (Å²) in [6, 6.07) is 37.4. The summed E-state index contributed by atoms with van der Waals surface area (Å²) in [6.07, 6.45) is 0. The van der Waals surface area contributed by atoms with Crippen molar-refractivity contribution in [2.24, 2.45) is 0 Å². The van der Waals surface area contributed by atoms with Crippen LogP contribution in [-0.2, 0) is 0 Å². The number of nitrogens with zero attached hydrogens (tertiary/aromatic N) is 1. The molecule has 6 aromatic rings. The fourth-order valence-electron chi connectivity index (χ4n) is 4.42. The quantitative estimate of drug-likeness (QED) is 0.298. The average molecular weight is 395 g/mol. The fraction of sp³-hybridized carbons (Fsp3) is 0. The number of furan rings is 1. The molecule has 2 nitrogen and oxygen atoms in total. The second kappa shape index (κ2) is 6.86. The molecule has 0 saturated heterocycles. The van der Waals surface area contributed by atoms with Crippen molar-refractivity contribution in [3.05, 3.63) is 109 Å². The van der Waals surface area contributed by atoms with Crippen molar-refractivity contribution in [2.75, 3.05) is 0 Å². The van der Waals surface area contributed by atoms with E-state index in [4.69, 9.17) is 9.68 Å². The minimum atomic E-state index is 0.672. The Morgan fingerprint density at radius 2 is 1.10 bits per heavy atom. The molecule has 6 rings (SSSR count). The van der Waals surface area contributed by atoms with E-state index in [0.717, 1.165) is 27.5 Å². The standard InChI is InChI=1S/C29H17NO/c30-18-19-9-11-20(12-10-19)22-14-15-23(25-6-2-1-5-24(22)25)21-13-16-29-27(17-21)26-7-3-4-8-28(26)31-29/h1-17H. The molecule has 0 bridgehead atoms. The molecule has 0 spiro atoms. The molecule has 2 heteroatoms. The van der Waals surface area contributed by atoms with E-state index in [9.17, 15) is 0 Å². The third-order valence-corrected chi connectivity index (χ3v) is 5.94. The fourth-order valence-corrected chi connectivity index (χ4v) is 4.42. The van der Waals surface area contributed by atoms with Gasteiger partial charge < -0.3 is 4.42 Å². The lowest BCUT2D eigenvalue weighted by atomic mass is 9.91. The lowest BCUT2D eigenvalue weighted by molar-refractivity contribution is 0.669. The Balaban J connectivity index is 1.57. The molecule has 0 fully saturated rings. The first-order valence-corrected chi connectivity index (χ1v) is 10.3. The van der Waals surface area contributed by atoms with Gasteiger partial charge in [-0.05, 0) is 63.4 Å². The summed E-state index contributed by atoms with van der Waals surface area (Å²) in [6.45, 7) is 0. The minimum absolute atomic E-state index is 0.672. The summed E-state index contributed by atoms with van der Waals surface area (Å²) >= 11 is 0. The molecule has 31 heavy (non-hydrogen) atoms. The van der Waals surface area contributed by atoms with Crippen LogP contribution in [0.25, 0.3) is 55.0 Å². The molecule has 1 aromatic heterocycles. The first kappa shape index (κ1) is 17.5. The summed E-state index contributed by atoms with van der Waals surface area (Å²) in [5.74, 6) is 0. The van der Waals surface area contributed by atoms with E-state index in [0.29, 0.717) is 5.56 Å². The smallest absolute Gasteiger partial charge is 0.135 e. The van der Waals surface area contributed by atoms with Gasteiger partial charge in [-0.2, -0.15) is 5.26 Å². The van der Waals surface area contributed by atoms with Crippen LogP contribution in [-0.4, -0.2) is 0 Å². The van der Waals surface area contributed by atoms with Crippen molar-refractivity contribution in [3.63, 3.8) is 0 Å². The van der Waals surface area contributed by atoms with Gasteiger partial charge in [-0.25, -0.2) is 0 Å². The molecule has 0 N–H and O–H groups in total. The van der Waals surface area contributed by atoms with E-state index in [1.54, 1.807) is 0 Å². The number of rotatable bonds is 2. The largest absolute Gasteiger partial charge is 0.456 e. The molecule has 0 aliphatic carbocycles. The third kappa shape index (κ3) is 2.79. The van der Waals surface area contributed by atoms with Crippen LogP contribution in [0.3, 0.4) is 0 Å². The monoisotopic (exact) mass is 395 g/mol. The molecule has 0 atom stereocenters. The van der Waals surface area contributed by atoms with Crippen LogP contribution >= 0.6 is 0 Å². The number of hydrogen-bond donors (Lipinski definition) is 0. The summed E-state index contributed by atoms with van der Waals surface area (Å²) < 4.78 is 6.00. The topological polar surface area (TPSA) is 36.9 Å². The Morgan fingerprint density at radius 3 is 1.81 bits per heavy atom. The summed E-state index contributed by atoms with van der Waals surface area (Å²) in [4.78, 5) is 0. The van der Waals surface area contributed by atoms with Crippen LogP contribution < -0.4 is 0 Å². The highest BCUT2D eigenvalue weighted by Gasteiger charge is 2.12. The molecule has 0 aliphatic heterocycles. The number of nitriles is 1. The van der Waals surface area contributed by atoms with Crippen molar-refractivity contribution in [1.82, 2.24) is 0 Å². The van der Waals surface area contributed by atoms with Crippen LogP contribution in [0.15, 0.2) is 108 Å². The second-order valence-corrected chi connectivity index (χ2v) is 7.70. The van der Waals surface area contributed by atoms with Gasteiger partial charge in [0.2, 0.25) is 0 Å². The zero-order chi connectivity index (χ0) is 20.8. The molecular weight excluding hydrogens is 378 g/mol. The SMILES string of the molecule is N#Cc1ccc(-c2ccc(-c3ccc4oc5ccccc5c4c3)c3ccccc23)cc1. The van der Waals surface area contributed by atoms with Gasteiger partial charge in [-0.15, -0.1) is 0 Å². The van der Waals surface area contributed by atoms with Crippen molar-refractivity contribution in [2.45, 2.75) is 0 Å². The average Bonchev–Trinajstić information content (AvgIpc) is 3.21. The molecule has 0 amide bonds. The van der Waals surface area contributed by atoms with Crippen LogP contribution in [0.5, 0.6) is 0 Å². The molecule has 1 heterocycles.